The quantitative estimate of drug-likeness (QED) is 0.879. The van der Waals surface area contributed by atoms with Crippen molar-refractivity contribution in [3.63, 3.8) is 0 Å². The maximum atomic E-state index is 12.9. The Morgan fingerprint density at radius 3 is 2.67 bits per heavy atom. The summed E-state index contributed by atoms with van der Waals surface area (Å²) in [5, 5.41) is 8.51. The fourth-order valence-corrected chi connectivity index (χ4v) is 3.19. The molecule has 1 saturated carbocycles. The third kappa shape index (κ3) is 3.45. The Morgan fingerprint density at radius 2 is 2.04 bits per heavy atom. The van der Waals surface area contributed by atoms with Gasteiger partial charge in [-0.1, -0.05) is 13.8 Å². The van der Waals surface area contributed by atoms with E-state index < -0.39 is 0 Å². The number of carbonyl (C=O) groups excluding carboxylic acids is 1. The zero-order valence-corrected chi connectivity index (χ0v) is 15.4. The van der Waals surface area contributed by atoms with Crippen molar-refractivity contribution < 1.29 is 4.79 Å². The summed E-state index contributed by atoms with van der Waals surface area (Å²) in [5.41, 5.74) is 3.44. The van der Waals surface area contributed by atoms with Gasteiger partial charge in [0.15, 0.2) is 5.65 Å². The summed E-state index contributed by atoms with van der Waals surface area (Å²) in [6, 6.07) is 2.16. The van der Waals surface area contributed by atoms with Gasteiger partial charge in [-0.05, 0) is 51.5 Å². The second-order valence-electron chi connectivity index (χ2n) is 7.62. The van der Waals surface area contributed by atoms with Gasteiger partial charge < -0.3 is 5.32 Å². The van der Waals surface area contributed by atoms with E-state index in [0.29, 0.717) is 11.8 Å². The molecule has 2 aromatic rings. The van der Waals surface area contributed by atoms with Gasteiger partial charge in [0.1, 0.15) is 0 Å². The molecule has 0 aliphatic heterocycles. The number of rotatable bonds is 6. The topological polar surface area (TPSA) is 59.8 Å². The number of pyridine rings is 1. The van der Waals surface area contributed by atoms with Crippen LogP contribution in [0.3, 0.4) is 0 Å². The van der Waals surface area contributed by atoms with Crippen LogP contribution >= 0.6 is 0 Å². The molecule has 1 aliphatic carbocycles. The lowest BCUT2D eigenvalue weighted by Gasteiger charge is -2.16. The zero-order valence-electron chi connectivity index (χ0n) is 15.4. The van der Waals surface area contributed by atoms with Crippen molar-refractivity contribution in [3.05, 3.63) is 23.0 Å². The highest BCUT2D eigenvalue weighted by atomic mass is 16.1. The molecule has 0 radical (unpaired) electrons. The van der Waals surface area contributed by atoms with Crippen LogP contribution in [0.4, 0.5) is 0 Å². The molecule has 5 heteroatoms. The Bertz CT molecular complexity index is 758. The maximum Gasteiger partial charge on any atom is 0.252 e. The molecule has 24 heavy (non-hydrogen) atoms. The van der Waals surface area contributed by atoms with Crippen LogP contribution in [0.2, 0.25) is 0 Å². The normalized spacial score (nSPS) is 15.9. The summed E-state index contributed by atoms with van der Waals surface area (Å²) in [6.45, 7) is 8.44. The molecule has 0 spiro atoms. The number of nitrogens with one attached hydrogen (secondary N) is 1. The second kappa shape index (κ2) is 6.54. The number of aromatic nitrogens is 3. The number of hydrogen-bond acceptors (Lipinski definition) is 3. The van der Waals surface area contributed by atoms with Gasteiger partial charge in [0.2, 0.25) is 0 Å². The highest BCUT2D eigenvalue weighted by Gasteiger charge is 2.28. The van der Waals surface area contributed by atoms with Gasteiger partial charge in [0.05, 0.1) is 16.6 Å². The summed E-state index contributed by atoms with van der Waals surface area (Å²) < 4.78 is 1.79. The van der Waals surface area contributed by atoms with Crippen molar-refractivity contribution in [2.75, 3.05) is 0 Å². The van der Waals surface area contributed by atoms with Gasteiger partial charge in [-0.15, -0.1) is 0 Å². The molecule has 0 saturated heterocycles. The van der Waals surface area contributed by atoms with Gasteiger partial charge in [-0.3, -0.25) is 9.48 Å². The molecule has 0 bridgehead atoms. The van der Waals surface area contributed by atoms with Gasteiger partial charge in [0.25, 0.3) is 5.91 Å². The molecule has 130 valence electrons. The summed E-state index contributed by atoms with van der Waals surface area (Å²) in [4.78, 5) is 17.7. The SMILES string of the molecule is Cc1nn(C)c2nc(C3CC3)cc(C(=O)NC(C)CCC(C)C)c12. The Labute approximate surface area is 143 Å². The minimum Gasteiger partial charge on any atom is -0.350 e. The molecule has 3 rings (SSSR count). The van der Waals surface area contributed by atoms with Gasteiger partial charge in [0, 0.05) is 24.7 Å². The largest absolute Gasteiger partial charge is 0.350 e. The third-order valence-corrected chi connectivity index (χ3v) is 4.78. The van der Waals surface area contributed by atoms with Crippen LogP contribution in [0.25, 0.3) is 11.0 Å². The molecule has 1 amide bonds. The molecule has 2 aromatic heterocycles. The minimum absolute atomic E-state index is 0.00310. The molecular formula is C19H28N4O. The standard InChI is InChI=1S/C19H28N4O/c1-11(2)6-7-12(3)20-19(24)15-10-16(14-8-9-14)21-18-17(15)13(4)22-23(18)5/h10-12,14H,6-9H2,1-5H3,(H,20,24). The predicted molar refractivity (Wildman–Crippen MR) is 96.2 cm³/mol. The predicted octanol–water partition coefficient (Wildman–Crippen LogP) is 3.71. The molecule has 5 nitrogen and oxygen atoms in total. The van der Waals surface area contributed by atoms with E-state index in [2.05, 4.69) is 31.2 Å². The molecular weight excluding hydrogens is 300 g/mol. The first-order valence-electron chi connectivity index (χ1n) is 9.02. The molecule has 1 aliphatic rings. The van der Waals surface area contributed by atoms with Crippen molar-refractivity contribution in [1.29, 1.82) is 0 Å². The number of hydrogen-bond donors (Lipinski definition) is 1. The van der Waals surface area contributed by atoms with Crippen molar-refractivity contribution in [2.24, 2.45) is 13.0 Å². The van der Waals surface area contributed by atoms with E-state index in [0.717, 1.165) is 40.8 Å². The lowest BCUT2D eigenvalue weighted by Crippen LogP contribution is -2.33. The lowest BCUT2D eigenvalue weighted by molar-refractivity contribution is 0.0938. The van der Waals surface area contributed by atoms with E-state index >= 15 is 0 Å². The number of amides is 1. The molecule has 0 aromatic carbocycles. The fraction of sp³-hybridized carbons (Fsp3) is 0.632. The van der Waals surface area contributed by atoms with E-state index in [1.165, 1.54) is 12.8 Å². The summed E-state index contributed by atoms with van der Waals surface area (Å²) in [7, 11) is 1.89. The van der Waals surface area contributed by atoms with E-state index in [4.69, 9.17) is 4.98 Å². The van der Waals surface area contributed by atoms with Gasteiger partial charge >= 0.3 is 0 Å². The number of nitrogens with zero attached hydrogens (tertiary/aromatic N) is 3. The smallest absolute Gasteiger partial charge is 0.252 e. The first-order chi connectivity index (χ1) is 11.4. The average Bonchev–Trinajstić information content (AvgIpc) is 3.32. The Balaban J connectivity index is 1.90. The van der Waals surface area contributed by atoms with Crippen LogP contribution in [-0.4, -0.2) is 26.7 Å². The number of carbonyl (C=O) groups is 1. The van der Waals surface area contributed by atoms with Crippen LogP contribution in [0.1, 0.15) is 74.1 Å². The van der Waals surface area contributed by atoms with Crippen molar-refractivity contribution >= 4 is 16.9 Å². The van der Waals surface area contributed by atoms with Crippen molar-refractivity contribution in [3.8, 4) is 0 Å². The van der Waals surface area contributed by atoms with E-state index in [1.807, 2.05) is 20.0 Å². The third-order valence-electron chi connectivity index (χ3n) is 4.78. The Morgan fingerprint density at radius 1 is 1.33 bits per heavy atom. The molecule has 1 fully saturated rings. The van der Waals surface area contributed by atoms with Gasteiger partial charge in [-0.25, -0.2) is 4.98 Å². The second-order valence-corrected chi connectivity index (χ2v) is 7.62. The van der Waals surface area contributed by atoms with Gasteiger partial charge in [-0.2, -0.15) is 5.10 Å². The average molecular weight is 328 g/mol. The van der Waals surface area contributed by atoms with E-state index in [1.54, 1.807) is 4.68 Å². The van der Waals surface area contributed by atoms with Crippen molar-refractivity contribution in [2.45, 2.75) is 65.3 Å². The van der Waals surface area contributed by atoms with Crippen LogP contribution in [-0.2, 0) is 7.05 Å². The Hall–Kier alpha value is -1.91. The van der Waals surface area contributed by atoms with E-state index in [-0.39, 0.29) is 11.9 Å². The van der Waals surface area contributed by atoms with Crippen LogP contribution in [0.5, 0.6) is 0 Å². The summed E-state index contributed by atoms with van der Waals surface area (Å²) >= 11 is 0. The first-order valence-corrected chi connectivity index (χ1v) is 9.02. The maximum absolute atomic E-state index is 12.9. The molecule has 1 unspecified atom stereocenters. The first kappa shape index (κ1) is 16.9. The van der Waals surface area contributed by atoms with E-state index in [9.17, 15) is 4.79 Å². The van der Waals surface area contributed by atoms with Crippen LogP contribution in [0, 0.1) is 12.8 Å². The number of fused-ring (bicyclic) bond motifs is 1. The summed E-state index contributed by atoms with van der Waals surface area (Å²) in [6.07, 6.45) is 4.45. The van der Waals surface area contributed by atoms with Crippen molar-refractivity contribution in [1.82, 2.24) is 20.1 Å². The fourth-order valence-electron chi connectivity index (χ4n) is 3.19. The number of aryl methyl sites for hydroxylation is 2. The van der Waals surface area contributed by atoms with Crippen LogP contribution in [0.15, 0.2) is 6.07 Å². The monoisotopic (exact) mass is 328 g/mol. The summed E-state index contributed by atoms with van der Waals surface area (Å²) in [5.74, 6) is 1.16. The highest BCUT2D eigenvalue weighted by Crippen LogP contribution is 2.40. The zero-order chi connectivity index (χ0) is 17.4. The van der Waals surface area contributed by atoms with Crippen LogP contribution < -0.4 is 5.32 Å². The molecule has 1 N–H and O–H groups in total. The highest BCUT2D eigenvalue weighted by molar-refractivity contribution is 6.06. The Kier molecular flexibility index (Phi) is 4.61. The molecule has 2 heterocycles. The lowest BCUT2D eigenvalue weighted by atomic mass is 10.0. The molecule has 1 atom stereocenters. The minimum atomic E-state index is -0.00310.